The van der Waals surface area contributed by atoms with Crippen LogP contribution in [0.3, 0.4) is 0 Å². The molecule has 0 rings (SSSR count). The summed E-state index contributed by atoms with van der Waals surface area (Å²) < 4.78 is 10.9. The molecule has 1 atom stereocenters. The molecule has 0 saturated carbocycles. The number of carbonyl (C=O) groups excluding carboxylic acids is 2. The Labute approximate surface area is 279 Å². The van der Waals surface area contributed by atoms with E-state index >= 15 is 0 Å². The minimum absolute atomic E-state index is 0.103. The summed E-state index contributed by atoms with van der Waals surface area (Å²) in [6.45, 7) is 4.63. The zero-order valence-electron chi connectivity index (χ0n) is 29.2. The van der Waals surface area contributed by atoms with Crippen LogP contribution < -0.4 is 0 Å². The molecule has 0 bridgehead atoms. The van der Waals surface area contributed by atoms with Gasteiger partial charge in [0.2, 0.25) is 0 Å². The maximum atomic E-state index is 12.2. The van der Waals surface area contributed by atoms with Gasteiger partial charge in [-0.2, -0.15) is 12.6 Å². The van der Waals surface area contributed by atoms with E-state index < -0.39 is 6.10 Å². The molecule has 0 saturated heterocycles. The lowest BCUT2D eigenvalue weighted by atomic mass is 10.1. The van der Waals surface area contributed by atoms with Crippen LogP contribution in [0.4, 0.5) is 0 Å². The molecule has 1 unspecified atom stereocenters. The van der Waals surface area contributed by atoms with E-state index in [-0.39, 0.29) is 18.5 Å². The molecule has 0 aliphatic heterocycles. The molecule has 4 nitrogen and oxygen atoms in total. The van der Waals surface area contributed by atoms with Crippen LogP contribution in [0.2, 0.25) is 0 Å². The summed E-state index contributed by atoms with van der Waals surface area (Å²) in [7, 11) is 0. The van der Waals surface area contributed by atoms with Crippen molar-refractivity contribution < 1.29 is 19.1 Å². The van der Waals surface area contributed by atoms with E-state index in [1.807, 2.05) is 0 Å². The van der Waals surface area contributed by atoms with Crippen LogP contribution in [0.25, 0.3) is 0 Å². The van der Waals surface area contributed by atoms with Gasteiger partial charge in [-0.15, -0.1) is 0 Å². The van der Waals surface area contributed by atoms with Gasteiger partial charge in [0.1, 0.15) is 12.7 Å². The number of allylic oxidation sites excluding steroid dienone is 4. The van der Waals surface area contributed by atoms with Gasteiger partial charge < -0.3 is 9.47 Å². The molecule has 0 aromatic heterocycles. The molecule has 0 amide bonds. The third kappa shape index (κ3) is 33.7. The van der Waals surface area contributed by atoms with Gasteiger partial charge in [0.05, 0.1) is 0 Å². The first-order valence-corrected chi connectivity index (χ1v) is 19.5. The highest BCUT2D eigenvalue weighted by Crippen LogP contribution is 2.13. The Morgan fingerprint density at radius 1 is 0.500 bits per heavy atom. The molecule has 258 valence electrons. The van der Waals surface area contributed by atoms with E-state index in [0.717, 1.165) is 44.9 Å². The van der Waals surface area contributed by atoms with Crippen LogP contribution in [0.15, 0.2) is 24.3 Å². The Hall–Kier alpha value is -1.23. The normalized spacial score (nSPS) is 12.3. The van der Waals surface area contributed by atoms with Gasteiger partial charge >= 0.3 is 11.9 Å². The first-order valence-electron chi connectivity index (χ1n) is 18.9. The monoisotopic (exact) mass is 637 g/mol. The highest BCUT2D eigenvalue weighted by molar-refractivity contribution is 7.80. The molecular weight excluding hydrogens is 564 g/mol. The number of rotatable bonds is 34. The lowest BCUT2D eigenvalue weighted by molar-refractivity contribution is -0.157. The molecule has 0 N–H and O–H groups in total. The first-order chi connectivity index (χ1) is 21.6. The molecule has 0 aliphatic rings. The minimum Gasteiger partial charge on any atom is -0.462 e. The largest absolute Gasteiger partial charge is 0.462 e. The smallest absolute Gasteiger partial charge is 0.306 e. The zero-order chi connectivity index (χ0) is 32.2. The summed E-state index contributed by atoms with van der Waals surface area (Å²) >= 11 is 4.28. The van der Waals surface area contributed by atoms with Gasteiger partial charge in [0.25, 0.3) is 0 Å². The molecule has 5 heteroatoms. The van der Waals surface area contributed by atoms with Crippen molar-refractivity contribution in [2.45, 2.75) is 200 Å². The molecular formula is C39H72O4S. The van der Waals surface area contributed by atoms with Gasteiger partial charge in [-0.3, -0.25) is 9.59 Å². The van der Waals surface area contributed by atoms with Crippen LogP contribution in [-0.4, -0.2) is 30.4 Å². The van der Waals surface area contributed by atoms with Crippen molar-refractivity contribution in [3.8, 4) is 0 Å². The van der Waals surface area contributed by atoms with E-state index in [1.165, 1.54) is 122 Å². The van der Waals surface area contributed by atoms with Gasteiger partial charge in [0.15, 0.2) is 0 Å². The van der Waals surface area contributed by atoms with Gasteiger partial charge in [-0.05, 0) is 64.2 Å². The SMILES string of the molecule is CCCCCCCC/C=C/CCCCCCCC(=O)OCC(CS)OC(=O)CCCCCCC/C=C/CCCCCCCC. The summed E-state index contributed by atoms with van der Waals surface area (Å²) in [4.78, 5) is 24.3. The van der Waals surface area contributed by atoms with E-state index in [2.05, 4.69) is 50.8 Å². The van der Waals surface area contributed by atoms with Crippen molar-refractivity contribution in [2.75, 3.05) is 12.4 Å². The van der Waals surface area contributed by atoms with Crippen molar-refractivity contribution in [2.24, 2.45) is 0 Å². The van der Waals surface area contributed by atoms with E-state index in [0.29, 0.717) is 18.6 Å². The second kappa shape index (κ2) is 36.2. The Morgan fingerprint density at radius 3 is 1.23 bits per heavy atom. The molecule has 0 heterocycles. The fourth-order valence-corrected chi connectivity index (χ4v) is 5.49. The first kappa shape index (κ1) is 42.8. The van der Waals surface area contributed by atoms with Crippen molar-refractivity contribution in [1.29, 1.82) is 0 Å². The lowest BCUT2D eigenvalue weighted by Crippen LogP contribution is -2.26. The van der Waals surface area contributed by atoms with Crippen LogP contribution >= 0.6 is 12.6 Å². The standard InChI is InChI=1S/C39H72O4S/c1-3-5-7-9-11-13-15-17-19-21-23-25-27-29-31-33-38(40)42-35-37(36-44)43-39(41)34-32-30-28-26-24-22-20-18-16-14-12-10-8-6-4-2/h17-20,37,44H,3-16,21-36H2,1-2H3/b19-17+,20-18+. The minimum atomic E-state index is -0.466. The number of thiol groups is 1. The molecule has 0 aromatic rings. The van der Waals surface area contributed by atoms with Gasteiger partial charge in [-0.1, -0.05) is 141 Å². The summed E-state index contributed by atoms with van der Waals surface area (Å²) in [6.07, 6.45) is 41.9. The second-order valence-electron chi connectivity index (χ2n) is 12.6. The van der Waals surface area contributed by atoms with Gasteiger partial charge in [0, 0.05) is 18.6 Å². The summed E-state index contributed by atoms with van der Waals surface area (Å²) in [5, 5.41) is 0. The van der Waals surface area contributed by atoms with E-state index in [9.17, 15) is 9.59 Å². The maximum Gasteiger partial charge on any atom is 0.306 e. The third-order valence-corrected chi connectivity index (χ3v) is 8.62. The van der Waals surface area contributed by atoms with Crippen molar-refractivity contribution >= 4 is 24.6 Å². The lowest BCUT2D eigenvalue weighted by Gasteiger charge is -2.16. The second-order valence-corrected chi connectivity index (χ2v) is 13.0. The number of esters is 2. The fraction of sp³-hybridized carbons (Fsp3) is 0.846. The van der Waals surface area contributed by atoms with Crippen molar-refractivity contribution in [1.82, 2.24) is 0 Å². The maximum absolute atomic E-state index is 12.2. The summed E-state index contributed by atoms with van der Waals surface area (Å²) in [5.41, 5.74) is 0. The van der Waals surface area contributed by atoms with E-state index in [1.54, 1.807) is 0 Å². The highest BCUT2D eigenvalue weighted by atomic mass is 32.1. The quantitative estimate of drug-likeness (QED) is 0.0330. The van der Waals surface area contributed by atoms with Crippen molar-refractivity contribution in [3.05, 3.63) is 24.3 Å². The fourth-order valence-electron chi connectivity index (χ4n) is 5.31. The number of carbonyl (C=O) groups is 2. The van der Waals surface area contributed by atoms with Crippen LogP contribution in [0.5, 0.6) is 0 Å². The molecule has 0 aromatic carbocycles. The Kier molecular flexibility index (Phi) is 35.2. The van der Waals surface area contributed by atoms with Crippen LogP contribution in [0.1, 0.15) is 194 Å². The summed E-state index contributed by atoms with van der Waals surface area (Å²) in [5.74, 6) is -0.0589. The number of ether oxygens (including phenoxy) is 2. The van der Waals surface area contributed by atoms with Crippen LogP contribution in [-0.2, 0) is 19.1 Å². The molecule has 0 fully saturated rings. The Bertz CT molecular complexity index is 675. The molecule has 44 heavy (non-hydrogen) atoms. The summed E-state index contributed by atoms with van der Waals surface area (Å²) in [6, 6.07) is 0. The Balaban J connectivity index is 3.58. The average molecular weight is 637 g/mol. The molecule has 0 spiro atoms. The van der Waals surface area contributed by atoms with Crippen LogP contribution in [0, 0.1) is 0 Å². The van der Waals surface area contributed by atoms with Crippen molar-refractivity contribution in [3.63, 3.8) is 0 Å². The number of hydrogen-bond acceptors (Lipinski definition) is 5. The number of hydrogen-bond donors (Lipinski definition) is 1. The molecule has 0 aliphatic carbocycles. The van der Waals surface area contributed by atoms with Gasteiger partial charge in [-0.25, -0.2) is 0 Å². The number of unbranched alkanes of at least 4 members (excludes halogenated alkanes) is 22. The van der Waals surface area contributed by atoms with E-state index in [4.69, 9.17) is 9.47 Å². The average Bonchev–Trinajstić information content (AvgIpc) is 3.02. The predicted octanol–water partition coefficient (Wildman–Crippen LogP) is 12.4. The molecule has 0 radical (unpaired) electrons. The topological polar surface area (TPSA) is 52.6 Å². The predicted molar refractivity (Wildman–Crippen MR) is 194 cm³/mol. The zero-order valence-corrected chi connectivity index (χ0v) is 30.1. The highest BCUT2D eigenvalue weighted by Gasteiger charge is 2.15. The Morgan fingerprint density at radius 2 is 0.841 bits per heavy atom. The third-order valence-electron chi connectivity index (χ3n) is 8.22.